The number of rotatable bonds is 4. The lowest BCUT2D eigenvalue weighted by Gasteiger charge is -2.29. The largest absolute Gasteiger partial charge is 0.309 e. The van der Waals surface area contributed by atoms with Gasteiger partial charge in [-0.1, -0.05) is 164 Å². The molecule has 49 heavy (non-hydrogen) atoms. The number of anilines is 3. The van der Waals surface area contributed by atoms with E-state index in [0.717, 1.165) is 17.1 Å². The molecule has 228 valence electrons. The molecule has 0 fully saturated rings. The van der Waals surface area contributed by atoms with Crippen molar-refractivity contribution in [3.63, 3.8) is 0 Å². The first-order valence-electron chi connectivity index (χ1n) is 16.9. The molecule has 0 aliphatic carbocycles. The average molecular weight is 622 g/mol. The van der Waals surface area contributed by atoms with Gasteiger partial charge in [-0.25, -0.2) is 0 Å². The molecular formula is C48H31N. The molecule has 0 unspecified atom stereocenters. The first-order valence-corrected chi connectivity index (χ1v) is 16.9. The molecular weight excluding hydrogens is 591 g/mol. The van der Waals surface area contributed by atoms with Gasteiger partial charge in [0.1, 0.15) is 0 Å². The van der Waals surface area contributed by atoms with Crippen molar-refractivity contribution in [1.29, 1.82) is 0 Å². The molecule has 0 bridgehead atoms. The highest BCUT2D eigenvalue weighted by Crippen LogP contribution is 2.47. The third-order valence-electron chi connectivity index (χ3n) is 10.2. The highest BCUT2D eigenvalue weighted by atomic mass is 15.1. The van der Waals surface area contributed by atoms with Crippen LogP contribution in [0.1, 0.15) is 0 Å². The Balaban J connectivity index is 1.33. The van der Waals surface area contributed by atoms with Crippen molar-refractivity contribution in [1.82, 2.24) is 0 Å². The van der Waals surface area contributed by atoms with E-state index in [4.69, 9.17) is 0 Å². The summed E-state index contributed by atoms with van der Waals surface area (Å²) in [7, 11) is 0. The second kappa shape index (κ2) is 11.1. The number of benzene rings is 10. The van der Waals surface area contributed by atoms with Crippen LogP contribution in [-0.2, 0) is 0 Å². The summed E-state index contributed by atoms with van der Waals surface area (Å²) in [5, 5.41) is 15.0. The Morgan fingerprint density at radius 3 is 1.63 bits per heavy atom. The molecule has 0 spiro atoms. The fourth-order valence-corrected chi connectivity index (χ4v) is 7.93. The zero-order valence-corrected chi connectivity index (χ0v) is 26.8. The molecule has 0 aliphatic rings. The van der Waals surface area contributed by atoms with Gasteiger partial charge in [-0.15, -0.1) is 0 Å². The van der Waals surface area contributed by atoms with Gasteiger partial charge in [-0.3, -0.25) is 0 Å². The molecule has 1 heteroatoms. The van der Waals surface area contributed by atoms with Crippen molar-refractivity contribution in [2.45, 2.75) is 0 Å². The second-order valence-electron chi connectivity index (χ2n) is 12.9. The number of hydrogen-bond donors (Lipinski definition) is 0. The van der Waals surface area contributed by atoms with Crippen LogP contribution in [-0.4, -0.2) is 0 Å². The van der Waals surface area contributed by atoms with Crippen LogP contribution in [0.15, 0.2) is 188 Å². The summed E-state index contributed by atoms with van der Waals surface area (Å²) in [5.41, 5.74) is 5.90. The first-order chi connectivity index (χ1) is 24.3. The Kier molecular flexibility index (Phi) is 6.25. The zero-order valence-electron chi connectivity index (χ0n) is 26.8. The topological polar surface area (TPSA) is 3.24 Å². The monoisotopic (exact) mass is 621 g/mol. The molecule has 0 saturated carbocycles. The summed E-state index contributed by atoms with van der Waals surface area (Å²) >= 11 is 0. The van der Waals surface area contributed by atoms with Gasteiger partial charge < -0.3 is 4.90 Å². The van der Waals surface area contributed by atoms with Crippen LogP contribution in [0, 0.1) is 0 Å². The summed E-state index contributed by atoms with van der Waals surface area (Å²) < 4.78 is 0. The van der Waals surface area contributed by atoms with Crippen molar-refractivity contribution >= 4 is 81.7 Å². The average Bonchev–Trinajstić information content (AvgIpc) is 3.18. The van der Waals surface area contributed by atoms with Crippen LogP contribution in [0.25, 0.3) is 75.8 Å². The van der Waals surface area contributed by atoms with Gasteiger partial charge in [-0.05, 0) is 89.3 Å². The van der Waals surface area contributed by atoms with Crippen molar-refractivity contribution in [3.8, 4) is 11.1 Å². The maximum Gasteiger partial charge on any atom is 0.0546 e. The molecule has 0 amide bonds. The molecule has 0 N–H and O–H groups in total. The summed E-state index contributed by atoms with van der Waals surface area (Å²) in [6.07, 6.45) is 0. The Morgan fingerprint density at radius 2 is 0.837 bits per heavy atom. The Bertz CT molecular complexity index is 2890. The van der Waals surface area contributed by atoms with Crippen LogP contribution < -0.4 is 4.90 Å². The van der Waals surface area contributed by atoms with Crippen LogP contribution in [0.3, 0.4) is 0 Å². The second-order valence-corrected chi connectivity index (χ2v) is 12.9. The van der Waals surface area contributed by atoms with Crippen molar-refractivity contribution in [2.75, 3.05) is 4.90 Å². The lowest BCUT2D eigenvalue weighted by molar-refractivity contribution is 1.32. The SMILES string of the molecule is c1ccc(-c2ccc(N(c3ccc4ccccc4c3)c3cc4ccc5ccc6ccccc6c5c4c4ccccc34)c3ccccc23)cc1. The van der Waals surface area contributed by atoms with E-state index in [0.29, 0.717) is 0 Å². The van der Waals surface area contributed by atoms with E-state index in [2.05, 4.69) is 193 Å². The van der Waals surface area contributed by atoms with Gasteiger partial charge in [-0.2, -0.15) is 0 Å². The van der Waals surface area contributed by atoms with E-state index in [-0.39, 0.29) is 0 Å². The van der Waals surface area contributed by atoms with E-state index in [1.807, 2.05) is 0 Å². The minimum Gasteiger partial charge on any atom is -0.309 e. The quantitative estimate of drug-likeness (QED) is 0.177. The van der Waals surface area contributed by atoms with Crippen LogP contribution in [0.4, 0.5) is 17.1 Å². The van der Waals surface area contributed by atoms with E-state index in [1.165, 1.54) is 75.8 Å². The highest BCUT2D eigenvalue weighted by molar-refractivity contribution is 6.29. The van der Waals surface area contributed by atoms with E-state index < -0.39 is 0 Å². The Hall–Kier alpha value is -6.44. The van der Waals surface area contributed by atoms with Crippen LogP contribution >= 0.6 is 0 Å². The normalized spacial score (nSPS) is 11.7. The molecule has 10 rings (SSSR count). The fourth-order valence-electron chi connectivity index (χ4n) is 7.93. The number of hydrogen-bond acceptors (Lipinski definition) is 1. The van der Waals surface area contributed by atoms with Crippen LogP contribution in [0.2, 0.25) is 0 Å². The predicted octanol–water partition coefficient (Wildman–Crippen LogP) is 13.7. The molecule has 0 aromatic heterocycles. The fraction of sp³-hybridized carbons (Fsp3) is 0. The summed E-state index contributed by atoms with van der Waals surface area (Å²) in [4.78, 5) is 2.48. The summed E-state index contributed by atoms with van der Waals surface area (Å²) in [6, 6.07) is 68.9. The minimum atomic E-state index is 1.13. The van der Waals surface area contributed by atoms with E-state index in [9.17, 15) is 0 Å². The Labute approximate surface area is 284 Å². The summed E-state index contributed by atoms with van der Waals surface area (Å²) in [5.74, 6) is 0. The number of nitrogens with zero attached hydrogens (tertiary/aromatic N) is 1. The lowest BCUT2D eigenvalue weighted by Crippen LogP contribution is -2.11. The number of fused-ring (bicyclic) bond motifs is 9. The molecule has 0 atom stereocenters. The smallest absolute Gasteiger partial charge is 0.0546 e. The highest BCUT2D eigenvalue weighted by Gasteiger charge is 2.21. The van der Waals surface area contributed by atoms with Crippen molar-refractivity contribution < 1.29 is 0 Å². The van der Waals surface area contributed by atoms with E-state index in [1.54, 1.807) is 0 Å². The predicted molar refractivity (Wildman–Crippen MR) is 212 cm³/mol. The van der Waals surface area contributed by atoms with Gasteiger partial charge >= 0.3 is 0 Å². The third-order valence-corrected chi connectivity index (χ3v) is 10.2. The van der Waals surface area contributed by atoms with Gasteiger partial charge in [0.25, 0.3) is 0 Å². The Morgan fingerprint density at radius 1 is 0.286 bits per heavy atom. The third kappa shape index (κ3) is 4.40. The van der Waals surface area contributed by atoms with Crippen molar-refractivity contribution in [2.24, 2.45) is 0 Å². The van der Waals surface area contributed by atoms with Gasteiger partial charge in [0.15, 0.2) is 0 Å². The van der Waals surface area contributed by atoms with Crippen molar-refractivity contribution in [3.05, 3.63) is 188 Å². The molecule has 1 nitrogen and oxygen atoms in total. The van der Waals surface area contributed by atoms with E-state index >= 15 is 0 Å². The molecule has 10 aromatic carbocycles. The maximum absolute atomic E-state index is 2.48. The van der Waals surface area contributed by atoms with Gasteiger partial charge in [0, 0.05) is 16.5 Å². The zero-order chi connectivity index (χ0) is 32.3. The van der Waals surface area contributed by atoms with Gasteiger partial charge in [0.2, 0.25) is 0 Å². The molecule has 10 aromatic rings. The molecule has 0 saturated heterocycles. The molecule has 0 heterocycles. The molecule has 0 aliphatic heterocycles. The minimum absolute atomic E-state index is 1.13. The summed E-state index contributed by atoms with van der Waals surface area (Å²) in [6.45, 7) is 0. The maximum atomic E-state index is 2.48. The lowest BCUT2D eigenvalue weighted by atomic mass is 9.91. The first kappa shape index (κ1) is 27.7. The molecule has 0 radical (unpaired) electrons. The standard InChI is InChI=1S/C48H31N/c1-2-13-33(14-3-1)39-28-29-45(42-19-9-8-18-41(39)42)49(38-27-26-32-12-4-5-16-36(32)30-38)46-31-37-25-24-35-23-22-34-15-6-7-17-40(34)47(35)48(37)44-21-11-10-20-43(44)46/h1-31H. The van der Waals surface area contributed by atoms with Crippen LogP contribution in [0.5, 0.6) is 0 Å². The van der Waals surface area contributed by atoms with Gasteiger partial charge in [0.05, 0.1) is 11.4 Å².